The number of piperazine rings is 1. The Bertz CT molecular complexity index is 1200. The van der Waals surface area contributed by atoms with E-state index in [1.165, 1.54) is 6.08 Å². The Balaban J connectivity index is 1.50. The predicted octanol–water partition coefficient (Wildman–Crippen LogP) is 3.78. The Labute approximate surface area is 218 Å². The fourth-order valence-corrected chi connectivity index (χ4v) is 4.70. The van der Waals surface area contributed by atoms with Crippen LogP contribution in [-0.4, -0.2) is 61.0 Å². The fraction of sp³-hybridized carbons (Fsp3) is 0.448. The number of amides is 1. The van der Waals surface area contributed by atoms with Crippen molar-refractivity contribution in [3.63, 3.8) is 0 Å². The van der Waals surface area contributed by atoms with Crippen LogP contribution in [-0.2, 0) is 27.4 Å². The number of ketones is 1. The van der Waals surface area contributed by atoms with Crippen LogP contribution in [0.5, 0.6) is 5.75 Å². The van der Waals surface area contributed by atoms with E-state index >= 15 is 0 Å². The van der Waals surface area contributed by atoms with Gasteiger partial charge in [0.25, 0.3) is 0 Å². The zero-order valence-corrected chi connectivity index (χ0v) is 21.6. The molecule has 0 unspecified atom stereocenters. The number of ether oxygens (including phenoxy) is 2. The van der Waals surface area contributed by atoms with Crippen LogP contribution in [0.2, 0.25) is 0 Å². The van der Waals surface area contributed by atoms with Crippen molar-refractivity contribution in [2.45, 2.75) is 51.2 Å². The van der Waals surface area contributed by atoms with E-state index in [1.807, 2.05) is 42.2 Å². The van der Waals surface area contributed by atoms with Gasteiger partial charge in [0, 0.05) is 51.2 Å². The van der Waals surface area contributed by atoms with Gasteiger partial charge in [0.2, 0.25) is 5.91 Å². The van der Waals surface area contributed by atoms with Crippen LogP contribution in [0.3, 0.4) is 0 Å². The zero-order chi connectivity index (χ0) is 26.4. The first-order valence-electron chi connectivity index (χ1n) is 12.8. The van der Waals surface area contributed by atoms with E-state index in [9.17, 15) is 14.9 Å². The van der Waals surface area contributed by atoms with E-state index in [0.29, 0.717) is 68.7 Å². The van der Waals surface area contributed by atoms with E-state index in [4.69, 9.17) is 14.5 Å². The van der Waals surface area contributed by atoms with Crippen LogP contribution in [0.4, 0.5) is 5.82 Å². The Kier molecular flexibility index (Phi) is 8.57. The van der Waals surface area contributed by atoms with Gasteiger partial charge in [-0.15, -0.1) is 0 Å². The van der Waals surface area contributed by atoms with Gasteiger partial charge in [-0.25, -0.2) is 4.98 Å². The summed E-state index contributed by atoms with van der Waals surface area (Å²) in [6.45, 7) is 8.11. The number of aromatic nitrogens is 1. The number of benzene rings is 1. The average Bonchev–Trinajstić information content (AvgIpc) is 3.75. The predicted molar refractivity (Wildman–Crippen MR) is 140 cm³/mol. The molecule has 0 bridgehead atoms. The number of anilines is 1. The Morgan fingerprint density at radius 2 is 2.03 bits per heavy atom. The molecule has 2 heterocycles. The maximum atomic E-state index is 12.5. The molecular formula is C29H34N4O4. The second kappa shape index (κ2) is 12.0. The third-order valence-corrected chi connectivity index (χ3v) is 6.84. The van der Waals surface area contributed by atoms with E-state index in [1.54, 1.807) is 7.11 Å². The number of allylic oxidation sites excluding steroid dienone is 1. The lowest BCUT2D eigenvalue weighted by atomic mass is 10.1. The lowest BCUT2D eigenvalue weighted by molar-refractivity contribution is -0.134. The summed E-state index contributed by atoms with van der Waals surface area (Å²) >= 11 is 0. The SMILES string of the molecule is C=CC(=O)Cc1cccc(COc2cc(C#N)c(N3CCN(C(=O)CCOC)[C@H](C)C3)nc2C2CC2)c1. The van der Waals surface area contributed by atoms with Crippen LogP contribution in [0.25, 0.3) is 0 Å². The highest BCUT2D eigenvalue weighted by molar-refractivity contribution is 5.90. The van der Waals surface area contributed by atoms with Crippen molar-refractivity contribution in [2.24, 2.45) is 0 Å². The standard InChI is InChI=1S/C29H34N4O4/c1-4-25(34)15-21-6-5-7-22(14-21)19-37-26-16-24(17-30)29(31-28(26)23-8-9-23)32-11-12-33(20(2)18-32)27(35)10-13-36-3/h4-7,14,16,20,23H,1,8-13,15,18-19H2,2-3H3/t20-/m1/s1. The number of rotatable bonds is 11. The summed E-state index contributed by atoms with van der Waals surface area (Å²) in [6.07, 6.45) is 4.11. The summed E-state index contributed by atoms with van der Waals surface area (Å²) < 4.78 is 11.3. The zero-order valence-electron chi connectivity index (χ0n) is 21.6. The minimum absolute atomic E-state index is 0.00648. The van der Waals surface area contributed by atoms with E-state index in [-0.39, 0.29) is 17.7 Å². The molecule has 0 N–H and O–H groups in total. The summed E-state index contributed by atoms with van der Waals surface area (Å²) in [5.74, 6) is 1.69. The third kappa shape index (κ3) is 6.55. The molecule has 1 aliphatic carbocycles. The number of pyridine rings is 1. The molecular weight excluding hydrogens is 468 g/mol. The molecule has 0 spiro atoms. The number of methoxy groups -OCH3 is 1. The van der Waals surface area contributed by atoms with Gasteiger partial charge < -0.3 is 19.3 Å². The highest BCUT2D eigenvalue weighted by Crippen LogP contribution is 2.45. The molecule has 1 saturated heterocycles. The maximum Gasteiger partial charge on any atom is 0.225 e. The highest BCUT2D eigenvalue weighted by Gasteiger charge is 2.33. The Morgan fingerprint density at radius 3 is 2.70 bits per heavy atom. The Hall–Kier alpha value is -3.70. The van der Waals surface area contributed by atoms with Gasteiger partial charge in [-0.3, -0.25) is 9.59 Å². The molecule has 8 heteroatoms. The molecule has 1 amide bonds. The maximum absolute atomic E-state index is 12.5. The van der Waals surface area contributed by atoms with Gasteiger partial charge in [0.05, 0.1) is 24.3 Å². The molecule has 194 valence electrons. The summed E-state index contributed by atoms with van der Waals surface area (Å²) in [5.41, 5.74) is 3.21. The lowest BCUT2D eigenvalue weighted by Gasteiger charge is -2.40. The van der Waals surface area contributed by atoms with E-state index < -0.39 is 0 Å². The summed E-state index contributed by atoms with van der Waals surface area (Å²) in [6, 6.07) is 11.9. The molecule has 1 saturated carbocycles. The van der Waals surface area contributed by atoms with Crippen molar-refractivity contribution in [3.05, 3.63) is 65.4 Å². The van der Waals surface area contributed by atoms with E-state index in [0.717, 1.165) is 29.7 Å². The minimum Gasteiger partial charge on any atom is -0.487 e. The molecule has 1 atom stereocenters. The van der Waals surface area contributed by atoms with Gasteiger partial charge in [-0.2, -0.15) is 5.26 Å². The second-order valence-corrected chi connectivity index (χ2v) is 9.71. The van der Waals surface area contributed by atoms with Crippen LogP contribution < -0.4 is 9.64 Å². The topological polar surface area (TPSA) is 95.8 Å². The number of carbonyl (C=O) groups excluding carboxylic acids is 2. The molecule has 2 aromatic rings. The number of nitriles is 1. The van der Waals surface area contributed by atoms with Crippen LogP contribution >= 0.6 is 0 Å². The minimum atomic E-state index is -0.0259. The molecule has 2 fully saturated rings. The first-order chi connectivity index (χ1) is 17.9. The van der Waals surface area contributed by atoms with Gasteiger partial charge >= 0.3 is 0 Å². The van der Waals surface area contributed by atoms with Crippen molar-refractivity contribution < 1.29 is 19.1 Å². The average molecular weight is 503 g/mol. The normalized spacial score (nSPS) is 17.3. The van der Waals surface area contributed by atoms with Crippen LogP contribution in [0.1, 0.15) is 54.5 Å². The lowest BCUT2D eigenvalue weighted by Crippen LogP contribution is -2.54. The van der Waals surface area contributed by atoms with Gasteiger partial charge in [0.15, 0.2) is 5.78 Å². The number of carbonyl (C=O) groups is 2. The molecule has 2 aliphatic rings. The molecule has 1 aromatic heterocycles. The fourth-order valence-electron chi connectivity index (χ4n) is 4.70. The molecule has 0 radical (unpaired) electrons. The molecule has 1 aromatic carbocycles. The summed E-state index contributed by atoms with van der Waals surface area (Å²) in [5, 5.41) is 9.96. The molecule has 4 rings (SSSR count). The first kappa shape index (κ1) is 26.4. The van der Waals surface area contributed by atoms with Crippen molar-refractivity contribution in [2.75, 3.05) is 38.3 Å². The van der Waals surface area contributed by atoms with Crippen molar-refractivity contribution in [3.8, 4) is 11.8 Å². The third-order valence-electron chi connectivity index (χ3n) is 6.84. The van der Waals surface area contributed by atoms with Crippen molar-refractivity contribution >= 4 is 17.5 Å². The largest absolute Gasteiger partial charge is 0.487 e. The van der Waals surface area contributed by atoms with Crippen molar-refractivity contribution in [1.82, 2.24) is 9.88 Å². The quantitative estimate of drug-likeness (QED) is 0.432. The monoisotopic (exact) mass is 502 g/mol. The first-order valence-corrected chi connectivity index (χ1v) is 12.8. The van der Waals surface area contributed by atoms with Crippen LogP contribution in [0.15, 0.2) is 43.0 Å². The highest BCUT2D eigenvalue weighted by atomic mass is 16.5. The second-order valence-electron chi connectivity index (χ2n) is 9.71. The number of hydrogen-bond acceptors (Lipinski definition) is 7. The Morgan fingerprint density at radius 1 is 1.24 bits per heavy atom. The molecule has 37 heavy (non-hydrogen) atoms. The van der Waals surface area contributed by atoms with Gasteiger partial charge in [0.1, 0.15) is 24.2 Å². The van der Waals surface area contributed by atoms with Gasteiger partial charge in [-0.1, -0.05) is 30.8 Å². The number of hydrogen-bond donors (Lipinski definition) is 0. The summed E-state index contributed by atoms with van der Waals surface area (Å²) in [7, 11) is 1.60. The van der Waals surface area contributed by atoms with Crippen LogP contribution in [0, 0.1) is 11.3 Å². The molecule has 8 nitrogen and oxygen atoms in total. The van der Waals surface area contributed by atoms with E-state index in [2.05, 4.69) is 17.5 Å². The number of nitrogens with zero attached hydrogens (tertiary/aromatic N) is 4. The smallest absolute Gasteiger partial charge is 0.225 e. The molecule has 1 aliphatic heterocycles. The summed E-state index contributed by atoms with van der Waals surface area (Å²) in [4.78, 5) is 33.2. The van der Waals surface area contributed by atoms with Crippen molar-refractivity contribution in [1.29, 1.82) is 5.26 Å². The van der Waals surface area contributed by atoms with Gasteiger partial charge in [-0.05, 0) is 37.0 Å².